The second-order valence-corrected chi connectivity index (χ2v) is 12.4. The number of hydrogen-bond acceptors (Lipinski definition) is 2. The smallest absolute Gasteiger partial charge is 0.305 e. The Balaban J connectivity index is 0.00000361. The fourth-order valence-corrected chi connectivity index (χ4v) is 7.41. The fraction of sp³-hybridized carbons (Fsp3) is 0.0213. The summed E-state index contributed by atoms with van der Waals surface area (Å²) in [6.07, 6.45) is 3.78. The molecule has 0 fully saturated rings. The van der Waals surface area contributed by atoms with Crippen LogP contribution in [0.3, 0.4) is 0 Å². The zero-order valence-electron chi connectivity index (χ0n) is 27.0. The summed E-state index contributed by atoms with van der Waals surface area (Å²) in [4.78, 5) is 9.65. The zero-order chi connectivity index (χ0) is 32.6. The average Bonchev–Trinajstić information content (AvgIpc) is 3.50. The van der Waals surface area contributed by atoms with Crippen LogP contribution in [-0.2, 0) is 26.5 Å². The summed E-state index contributed by atoms with van der Waals surface area (Å²) in [5.41, 5.74) is 14.6. The van der Waals surface area contributed by atoms with Crippen LogP contribution in [0.25, 0.3) is 55.9 Å². The molecule has 0 amide bonds. The van der Waals surface area contributed by atoms with Crippen LogP contribution in [0.1, 0.15) is 22.3 Å². The number of aromatic nitrogens is 2. The van der Waals surface area contributed by atoms with Crippen molar-refractivity contribution in [2.24, 2.45) is 0 Å². The summed E-state index contributed by atoms with van der Waals surface area (Å²) >= 11 is 0. The van der Waals surface area contributed by atoms with Crippen molar-refractivity contribution in [3.05, 3.63) is 217 Å². The van der Waals surface area contributed by atoms with Gasteiger partial charge in [-0.05, 0) is 68.0 Å². The Labute approximate surface area is 307 Å². The minimum absolute atomic E-state index is 0. The largest absolute Gasteiger partial charge is 2.00 e. The van der Waals surface area contributed by atoms with Crippen LogP contribution in [0.2, 0.25) is 0 Å². The first-order valence-electron chi connectivity index (χ1n) is 16.6. The number of nitrogens with zero attached hydrogens (tertiary/aromatic N) is 2. The van der Waals surface area contributed by atoms with Gasteiger partial charge in [0.25, 0.3) is 0 Å². The first-order valence-corrected chi connectivity index (χ1v) is 16.6. The van der Waals surface area contributed by atoms with Gasteiger partial charge in [-0.1, -0.05) is 121 Å². The van der Waals surface area contributed by atoms with E-state index in [1.165, 1.54) is 22.3 Å². The summed E-state index contributed by atoms with van der Waals surface area (Å²) in [5.74, 6) is 0. The van der Waals surface area contributed by atoms with Crippen LogP contribution in [-0.4, -0.2) is 9.97 Å². The van der Waals surface area contributed by atoms with Crippen molar-refractivity contribution in [1.82, 2.24) is 9.97 Å². The Kier molecular flexibility index (Phi) is 8.41. The second kappa shape index (κ2) is 13.3. The van der Waals surface area contributed by atoms with E-state index in [1.807, 2.05) is 24.5 Å². The van der Waals surface area contributed by atoms with E-state index in [1.54, 1.807) is 0 Å². The van der Waals surface area contributed by atoms with Gasteiger partial charge in [0.05, 0.1) is 0 Å². The molecule has 238 valence electrons. The molecule has 8 aromatic rings. The predicted octanol–water partition coefficient (Wildman–Crippen LogP) is 11.1. The third-order valence-corrected chi connectivity index (χ3v) is 9.64. The fourth-order valence-electron chi connectivity index (χ4n) is 7.41. The Hall–Kier alpha value is -5.69. The molecule has 50 heavy (non-hydrogen) atoms. The molecule has 0 spiro atoms. The minimum Gasteiger partial charge on any atom is -0.305 e. The summed E-state index contributed by atoms with van der Waals surface area (Å²) in [6.45, 7) is 0. The standard InChI is InChI=1S/C47H30N2.Pt/c1-3-13-33(14-4-1)35-25-27-48-45(31-35)37-17-11-19-39(29-37)47(43-23-9-7-21-41(43)42-22-8-10-24-44(42)47)40-20-12-18-38(30-40)46-32-36(26-28-49-46)34-15-5-2-6-16-34;/h1-28,31-32H;/q-2;+2. The van der Waals surface area contributed by atoms with E-state index in [-0.39, 0.29) is 21.1 Å². The van der Waals surface area contributed by atoms with Crippen LogP contribution in [0.4, 0.5) is 0 Å². The van der Waals surface area contributed by atoms with Crippen LogP contribution < -0.4 is 0 Å². The molecule has 0 saturated carbocycles. The summed E-state index contributed by atoms with van der Waals surface area (Å²) in [5, 5.41) is 0. The first kappa shape index (κ1) is 31.6. The third-order valence-electron chi connectivity index (χ3n) is 9.64. The Morgan fingerprint density at radius 3 is 1.26 bits per heavy atom. The number of benzene rings is 6. The molecule has 0 saturated heterocycles. The number of pyridine rings is 2. The molecule has 3 heteroatoms. The Morgan fingerprint density at radius 2 is 0.800 bits per heavy atom. The van der Waals surface area contributed by atoms with E-state index < -0.39 is 5.41 Å². The van der Waals surface area contributed by atoms with Gasteiger partial charge in [-0.25, -0.2) is 0 Å². The third kappa shape index (κ3) is 5.34. The molecular formula is C47H30N2Pt. The van der Waals surface area contributed by atoms with E-state index >= 15 is 0 Å². The maximum atomic E-state index is 4.83. The topological polar surface area (TPSA) is 25.8 Å². The van der Waals surface area contributed by atoms with E-state index in [0.717, 1.165) is 55.9 Å². The Morgan fingerprint density at radius 1 is 0.380 bits per heavy atom. The maximum absolute atomic E-state index is 4.83. The Bertz CT molecular complexity index is 2280. The quantitative estimate of drug-likeness (QED) is 0.156. The minimum atomic E-state index is -0.659. The number of rotatable bonds is 6. The SMILES string of the molecule is [Pt+2].[c-]1c(-c2cc(-c3ccccc3)ccn2)cccc1C1(c2[c-]c(-c3cc(-c4ccccc4)ccn3)ccc2)c2ccccc2-c2ccccc21. The molecule has 2 heterocycles. The zero-order valence-corrected chi connectivity index (χ0v) is 29.3. The van der Waals surface area contributed by atoms with Gasteiger partial charge in [0.1, 0.15) is 0 Å². The van der Waals surface area contributed by atoms with Gasteiger partial charge in [0.15, 0.2) is 0 Å². The van der Waals surface area contributed by atoms with Crippen LogP contribution >= 0.6 is 0 Å². The normalized spacial score (nSPS) is 12.4. The molecule has 0 radical (unpaired) electrons. The van der Waals surface area contributed by atoms with Gasteiger partial charge >= 0.3 is 21.1 Å². The molecule has 2 aromatic heterocycles. The van der Waals surface area contributed by atoms with Crippen LogP contribution in [0, 0.1) is 12.1 Å². The van der Waals surface area contributed by atoms with Gasteiger partial charge in [0, 0.05) is 17.8 Å². The molecule has 0 atom stereocenters. The summed E-state index contributed by atoms with van der Waals surface area (Å²) < 4.78 is 0. The predicted molar refractivity (Wildman–Crippen MR) is 199 cm³/mol. The number of fused-ring (bicyclic) bond motifs is 3. The van der Waals surface area contributed by atoms with E-state index in [0.29, 0.717) is 0 Å². The van der Waals surface area contributed by atoms with Crippen LogP contribution in [0.5, 0.6) is 0 Å². The molecule has 0 bridgehead atoms. The average molecular weight is 818 g/mol. The molecular weight excluding hydrogens is 788 g/mol. The van der Waals surface area contributed by atoms with Crippen molar-refractivity contribution >= 4 is 0 Å². The van der Waals surface area contributed by atoms with Crippen molar-refractivity contribution in [3.8, 4) is 55.9 Å². The van der Waals surface area contributed by atoms with E-state index in [2.05, 4.69) is 170 Å². The van der Waals surface area contributed by atoms with Crippen molar-refractivity contribution in [1.29, 1.82) is 0 Å². The molecule has 1 aliphatic rings. The molecule has 6 aromatic carbocycles. The molecule has 9 rings (SSSR count). The van der Waals surface area contributed by atoms with Gasteiger partial charge in [-0.3, -0.25) is 0 Å². The maximum Gasteiger partial charge on any atom is 2.00 e. The van der Waals surface area contributed by atoms with Gasteiger partial charge in [-0.2, -0.15) is 0 Å². The summed E-state index contributed by atoms with van der Waals surface area (Å²) in [7, 11) is 0. The van der Waals surface area contributed by atoms with Crippen molar-refractivity contribution < 1.29 is 21.1 Å². The molecule has 0 unspecified atom stereocenters. The molecule has 0 aliphatic heterocycles. The molecule has 1 aliphatic carbocycles. The molecule has 2 nitrogen and oxygen atoms in total. The van der Waals surface area contributed by atoms with Gasteiger partial charge in [-0.15, -0.1) is 70.8 Å². The molecule has 0 N–H and O–H groups in total. The van der Waals surface area contributed by atoms with Crippen LogP contribution in [0.15, 0.2) is 182 Å². The second-order valence-electron chi connectivity index (χ2n) is 12.4. The number of hydrogen-bond donors (Lipinski definition) is 0. The van der Waals surface area contributed by atoms with E-state index in [9.17, 15) is 0 Å². The van der Waals surface area contributed by atoms with E-state index in [4.69, 9.17) is 9.97 Å². The first-order chi connectivity index (χ1) is 24.3. The van der Waals surface area contributed by atoms with Gasteiger partial charge < -0.3 is 9.97 Å². The monoisotopic (exact) mass is 817 g/mol. The van der Waals surface area contributed by atoms with Crippen molar-refractivity contribution in [2.45, 2.75) is 5.41 Å². The van der Waals surface area contributed by atoms with Gasteiger partial charge in [0.2, 0.25) is 0 Å². The van der Waals surface area contributed by atoms with Crippen molar-refractivity contribution in [2.75, 3.05) is 0 Å². The van der Waals surface area contributed by atoms with Crippen molar-refractivity contribution in [3.63, 3.8) is 0 Å². The summed E-state index contributed by atoms with van der Waals surface area (Å²) in [6, 6.07) is 67.6.